The van der Waals surface area contributed by atoms with Crippen molar-refractivity contribution in [2.45, 2.75) is 19.3 Å². The predicted octanol–water partition coefficient (Wildman–Crippen LogP) is 2.36. The quantitative estimate of drug-likeness (QED) is 0.781. The molecule has 1 aliphatic rings. The van der Waals surface area contributed by atoms with Crippen LogP contribution in [0.4, 0.5) is 4.39 Å². The summed E-state index contributed by atoms with van der Waals surface area (Å²) in [6.45, 7) is 1.45. The summed E-state index contributed by atoms with van der Waals surface area (Å²) in [7, 11) is 0. The van der Waals surface area contributed by atoms with Crippen molar-refractivity contribution in [1.29, 1.82) is 0 Å². The lowest BCUT2D eigenvalue weighted by Gasteiger charge is -2.06. The van der Waals surface area contributed by atoms with Crippen LogP contribution in [0.25, 0.3) is 0 Å². The number of benzene rings is 1. The molecule has 0 N–H and O–H groups in total. The highest BCUT2D eigenvalue weighted by Gasteiger charge is 2.19. The third kappa shape index (κ3) is 3.14. The molecule has 3 heteroatoms. The Balaban J connectivity index is 1.86. The van der Waals surface area contributed by atoms with Crippen molar-refractivity contribution in [2.75, 3.05) is 13.2 Å². The normalized spacial score (nSPS) is 19.9. The Morgan fingerprint density at radius 2 is 2.38 bits per heavy atom. The van der Waals surface area contributed by atoms with Gasteiger partial charge < -0.3 is 4.74 Å². The van der Waals surface area contributed by atoms with Crippen molar-refractivity contribution in [3.8, 4) is 0 Å². The first-order valence-corrected chi connectivity index (χ1v) is 5.58. The molecular formula is C13H15FO2. The van der Waals surface area contributed by atoms with Gasteiger partial charge >= 0.3 is 0 Å². The summed E-state index contributed by atoms with van der Waals surface area (Å²) in [5.41, 5.74) is 0.754. The van der Waals surface area contributed by atoms with E-state index >= 15 is 0 Å². The molecule has 1 saturated heterocycles. The highest BCUT2D eigenvalue weighted by molar-refractivity contribution is 5.81. The second kappa shape index (κ2) is 5.21. The van der Waals surface area contributed by atoms with E-state index in [1.54, 1.807) is 12.1 Å². The molecule has 1 atom stereocenters. The van der Waals surface area contributed by atoms with Gasteiger partial charge in [0.2, 0.25) is 0 Å². The van der Waals surface area contributed by atoms with Crippen LogP contribution in [-0.4, -0.2) is 19.0 Å². The predicted molar refractivity (Wildman–Crippen MR) is 58.7 cm³/mol. The molecule has 16 heavy (non-hydrogen) atoms. The highest BCUT2D eigenvalue weighted by atomic mass is 19.1. The lowest BCUT2D eigenvalue weighted by molar-refractivity contribution is -0.119. The van der Waals surface area contributed by atoms with E-state index in [1.807, 2.05) is 0 Å². The second-order valence-electron chi connectivity index (χ2n) is 4.28. The minimum absolute atomic E-state index is 0.168. The summed E-state index contributed by atoms with van der Waals surface area (Å²) >= 11 is 0. The number of carbonyl (C=O) groups excluding carboxylic acids is 1. The van der Waals surface area contributed by atoms with Crippen LogP contribution in [0.3, 0.4) is 0 Å². The van der Waals surface area contributed by atoms with E-state index in [1.165, 1.54) is 12.1 Å². The van der Waals surface area contributed by atoms with Crippen molar-refractivity contribution >= 4 is 5.78 Å². The van der Waals surface area contributed by atoms with Crippen LogP contribution in [0.2, 0.25) is 0 Å². The minimum atomic E-state index is -0.283. The molecule has 1 fully saturated rings. The van der Waals surface area contributed by atoms with E-state index in [0.29, 0.717) is 25.4 Å². The SMILES string of the molecule is O=C(Cc1cccc(F)c1)CC1CCOC1. The van der Waals surface area contributed by atoms with E-state index in [2.05, 4.69) is 0 Å². The molecule has 0 saturated carbocycles. The van der Waals surface area contributed by atoms with Crippen molar-refractivity contribution in [3.05, 3.63) is 35.6 Å². The fraction of sp³-hybridized carbons (Fsp3) is 0.462. The number of ether oxygens (including phenoxy) is 1. The average Bonchev–Trinajstić information content (AvgIpc) is 2.70. The molecule has 2 rings (SSSR count). The monoisotopic (exact) mass is 222 g/mol. The van der Waals surface area contributed by atoms with Crippen molar-refractivity contribution in [2.24, 2.45) is 5.92 Å². The van der Waals surface area contributed by atoms with Crippen LogP contribution in [0, 0.1) is 11.7 Å². The van der Waals surface area contributed by atoms with Gasteiger partial charge in [0, 0.05) is 26.1 Å². The highest BCUT2D eigenvalue weighted by Crippen LogP contribution is 2.17. The van der Waals surface area contributed by atoms with Crippen LogP contribution in [0.5, 0.6) is 0 Å². The number of hydrogen-bond donors (Lipinski definition) is 0. The molecule has 0 bridgehead atoms. The van der Waals surface area contributed by atoms with Gasteiger partial charge in [-0.1, -0.05) is 12.1 Å². The van der Waals surface area contributed by atoms with Crippen LogP contribution in [0.15, 0.2) is 24.3 Å². The third-order valence-electron chi connectivity index (χ3n) is 2.83. The van der Waals surface area contributed by atoms with Gasteiger partial charge in [-0.25, -0.2) is 4.39 Å². The molecule has 1 unspecified atom stereocenters. The Bertz CT molecular complexity index is 370. The molecule has 1 heterocycles. The van der Waals surface area contributed by atoms with E-state index in [0.717, 1.165) is 18.6 Å². The molecule has 0 aromatic heterocycles. The molecule has 0 aliphatic carbocycles. The molecule has 1 aromatic carbocycles. The van der Waals surface area contributed by atoms with Gasteiger partial charge in [0.05, 0.1) is 0 Å². The first-order chi connectivity index (χ1) is 7.74. The van der Waals surface area contributed by atoms with Crippen LogP contribution >= 0.6 is 0 Å². The molecule has 0 spiro atoms. The topological polar surface area (TPSA) is 26.3 Å². The number of halogens is 1. The van der Waals surface area contributed by atoms with Gasteiger partial charge in [-0.3, -0.25) is 4.79 Å². The Labute approximate surface area is 94.4 Å². The van der Waals surface area contributed by atoms with E-state index in [9.17, 15) is 9.18 Å². The zero-order valence-electron chi connectivity index (χ0n) is 9.12. The second-order valence-corrected chi connectivity index (χ2v) is 4.28. The van der Waals surface area contributed by atoms with E-state index in [-0.39, 0.29) is 11.6 Å². The maximum atomic E-state index is 12.9. The number of hydrogen-bond acceptors (Lipinski definition) is 2. The van der Waals surface area contributed by atoms with Gasteiger partial charge in [0.15, 0.2) is 0 Å². The number of carbonyl (C=O) groups is 1. The lowest BCUT2D eigenvalue weighted by atomic mass is 9.98. The molecule has 1 aromatic rings. The number of rotatable bonds is 4. The summed E-state index contributed by atoms with van der Waals surface area (Å²) in [6.07, 6.45) is 1.85. The number of Topliss-reactive ketones (excluding diaryl/α,β-unsaturated/α-hetero) is 1. The smallest absolute Gasteiger partial charge is 0.137 e. The lowest BCUT2D eigenvalue weighted by Crippen LogP contribution is -2.10. The summed E-state index contributed by atoms with van der Waals surface area (Å²) in [5.74, 6) is 0.247. The van der Waals surface area contributed by atoms with Gasteiger partial charge in [-0.05, 0) is 30.0 Å². The Morgan fingerprint density at radius 3 is 3.06 bits per heavy atom. The maximum absolute atomic E-state index is 12.9. The Hall–Kier alpha value is -1.22. The van der Waals surface area contributed by atoms with Gasteiger partial charge in [0.1, 0.15) is 11.6 Å². The zero-order chi connectivity index (χ0) is 11.4. The average molecular weight is 222 g/mol. The molecule has 86 valence electrons. The zero-order valence-corrected chi connectivity index (χ0v) is 9.12. The number of ketones is 1. The Kier molecular flexibility index (Phi) is 3.67. The van der Waals surface area contributed by atoms with Crippen molar-refractivity contribution in [1.82, 2.24) is 0 Å². The first kappa shape index (κ1) is 11.3. The molecule has 2 nitrogen and oxygen atoms in total. The van der Waals surface area contributed by atoms with E-state index in [4.69, 9.17) is 4.74 Å². The molecular weight excluding hydrogens is 207 g/mol. The minimum Gasteiger partial charge on any atom is -0.381 e. The summed E-state index contributed by atoms with van der Waals surface area (Å²) in [4.78, 5) is 11.7. The van der Waals surface area contributed by atoms with Crippen molar-refractivity contribution < 1.29 is 13.9 Å². The standard InChI is InChI=1S/C13H15FO2/c14-12-3-1-2-10(6-12)7-13(15)8-11-4-5-16-9-11/h1-3,6,11H,4-5,7-9H2. The van der Waals surface area contributed by atoms with E-state index < -0.39 is 0 Å². The third-order valence-corrected chi connectivity index (χ3v) is 2.83. The summed E-state index contributed by atoms with van der Waals surface area (Å²) in [6, 6.07) is 6.23. The maximum Gasteiger partial charge on any atom is 0.137 e. The summed E-state index contributed by atoms with van der Waals surface area (Å²) in [5, 5.41) is 0. The molecule has 0 amide bonds. The Morgan fingerprint density at radius 1 is 1.50 bits per heavy atom. The molecule has 0 radical (unpaired) electrons. The first-order valence-electron chi connectivity index (χ1n) is 5.58. The van der Waals surface area contributed by atoms with Crippen LogP contribution < -0.4 is 0 Å². The van der Waals surface area contributed by atoms with Crippen molar-refractivity contribution in [3.63, 3.8) is 0 Å². The van der Waals surface area contributed by atoms with Gasteiger partial charge in [0.25, 0.3) is 0 Å². The summed E-state index contributed by atoms with van der Waals surface area (Å²) < 4.78 is 18.1. The van der Waals surface area contributed by atoms with Gasteiger partial charge in [-0.2, -0.15) is 0 Å². The van der Waals surface area contributed by atoms with Crippen LogP contribution in [-0.2, 0) is 16.0 Å². The molecule has 1 aliphatic heterocycles. The van der Waals surface area contributed by atoms with Gasteiger partial charge in [-0.15, -0.1) is 0 Å². The fourth-order valence-corrected chi connectivity index (χ4v) is 2.01. The fourth-order valence-electron chi connectivity index (χ4n) is 2.01. The van der Waals surface area contributed by atoms with Crippen LogP contribution in [0.1, 0.15) is 18.4 Å². The largest absolute Gasteiger partial charge is 0.381 e.